The third kappa shape index (κ3) is 2.93. The molecule has 0 radical (unpaired) electrons. The van der Waals surface area contributed by atoms with Crippen LogP contribution in [0.15, 0.2) is 4.52 Å². The van der Waals surface area contributed by atoms with Crippen molar-refractivity contribution in [1.29, 1.82) is 0 Å². The summed E-state index contributed by atoms with van der Waals surface area (Å²) in [6.07, 6.45) is -0.446. The lowest BCUT2D eigenvalue weighted by Gasteiger charge is -2.14. The van der Waals surface area contributed by atoms with E-state index in [9.17, 15) is 4.79 Å². The molecular formula is C12H18N2O5. The monoisotopic (exact) mass is 270 g/mol. The number of nitrogens with zero attached hydrogens (tertiary/aromatic N) is 2. The van der Waals surface area contributed by atoms with Crippen molar-refractivity contribution in [2.24, 2.45) is 5.92 Å². The SMILES string of the molecule is COC(c1noc(C2CCC(C(=O)O)O2)n1)C(C)C. The third-order valence-corrected chi connectivity index (χ3v) is 3.14. The van der Waals surface area contributed by atoms with Crippen molar-refractivity contribution in [3.63, 3.8) is 0 Å². The first-order valence-electron chi connectivity index (χ1n) is 6.27. The van der Waals surface area contributed by atoms with Crippen LogP contribution < -0.4 is 0 Å². The topological polar surface area (TPSA) is 94.7 Å². The first-order valence-corrected chi connectivity index (χ1v) is 6.27. The molecule has 0 saturated carbocycles. The second-order valence-electron chi connectivity index (χ2n) is 4.92. The number of hydrogen-bond donors (Lipinski definition) is 1. The second-order valence-corrected chi connectivity index (χ2v) is 4.92. The summed E-state index contributed by atoms with van der Waals surface area (Å²) >= 11 is 0. The van der Waals surface area contributed by atoms with Crippen molar-refractivity contribution < 1.29 is 23.9 Å². The van der Waals surface area contributed by atoms with Crippen LogP contribution in [0.2, 0.25) is 0 Å². The van der Waals surface area contributed by atoms with Gasteiger partial charge in [-0.2, -0.15) is 4.98 Å². The van der Waals surface area contributed by atoms with Gasteiger partial charge in [0, 0.05) is 7.11 Å². The Hall–Kier alpha value is -1.47. The number of aliphatic carboxylic acids is 1. The number of carbonyl (C=O) groups is 1. The van der Waals surface area contributed by atoms with Gasteiger partial charge in [0.25, 0.3) is 5.89 Å². The zero-order valence-corrected chi connectivity index (χ0v) is 11.2. The Labute approximate surface area is 110 Å². The highest BCUT2D eigenvalue weighted by atomic mass is 16.6. The molecule has 1 aromatic heterocycles. The molecule has 1 N–H and O–H groups in total. The Bertz CT molecular complexity index is 445. The molecule has 3 unspecified atom stereocenters. The van der Waals surface area contributed by atoms with E-state index < -0.39 is 18.2 Å². The van der Waals surface area contributed by atoms with E-state index in [1.165, 1.54) is 0 Å². The van der Waals surface area contributed by atoms with Gasteiger partial charge in [0.15, 0.2) is 6.10 Å². The highest BCUT2D eigenvalue weighted by Gasteiger charge is 2.35. The van der Waals surface area contributed by atoms with Gasteiger partial charge in [0.05, 0.1) is 0 Å². The largest absolute Gasteiger partial charge is 0.479 e. The molecule has 0 spiro atoms. The van der Waals surface area contributed by atoms with E-state index in [0.29, 0.717) is 24.6 Å². The van der Waals surface area contributed by atoms with Crippen LogP contribution in [-0.2, 0) is 14.3 Å². The molecule has 1 saturated heterocycles. The smallest absolute Gasteiger partial charge is 0.332 e. The van der Waals surface area contributed by atoms with Crippen LogP contribution in [0.4, 0.5) is 0 Å². The molecule has 0 aromatic carbocycles. The van der Waals surface area contributed by atoms with Crippen molar-refractivity contribution in [2.75, 3.05) is 7.11 Å². The van der Waals surface area contributed by atoms with Crippen LogP contribution in [0.25, 0.3) is 0 Å². The summed E-state index contributed by atoms with van der Waals surface area (Å²) in [6, 6.07) is 0. The van der Waals surface area contributed by atoms with Crippen molar-refractivity contribution in [1.82, 2.24) is 10.1 Å². The molecule has 106 valence electrons. The van der Waals surface area contributed by atoms with Crippen LogP contribution in [0, 0.1) is 5.92 Å². The molecule has 3 atom stereocenters. The van der Waals surface area contributed by atoms with Gasteiger partial charge in [-0.25, -0.2) is 4.79 Å². The summed E-state index contributed by atoms with van der Waals surface area (Å²) in [6.45, 7) is 3.99. The molecule has 0 aliphatic carbocycles. The Balaban J connectivity index is 2.07. The molecule has 1 aromatic rings. The fourth-order valence-electron chi connectivity index (χ4n) is 2.17. The minimum Gasteiger partial charge on any atom is -0.479 e. The second kappa shape index (κ2) is 5.66. The van der Waals surface area contributed by atoms with Gasteiger partial charge in [-0.1, -0.05) is 19.0 Å². The average Bonchev–Trinajstić information content (AvgIpc) is 2.96. The van der Waals surface area contributed by atoms with E-state index in [-0.39, 0.29) is 12.0 Å². The lowest BCUT2D eigenvalue weighted by molar-refractivity contribution is -0.150. The van der Waals surface area contributed by atoms with E-state index in [1.54, 1.807) is 7.11 Å². The fourth-order valence-corrected chi connectivity index (χ4v) is 2.17. The van der Waals surface area contributed by atoms with Gasteiger partial charge in [0.2, 0.25) is 5.82 Å². The lowest BCUT2D eigenvalue weighted by atomic mass is 10.1. The van der Waals surface area contributed by atoms with Crippen molar-refractivity contribution >= 4 is 5.97 Å². The normalized spacial score (nSPS) is 24.8. The number of ether oxygens (including phenoxy) is 2. The molecule has 19 heavy (non-hydrogen) atoms. The zero-order valence-electron chi connectivity index (χ0n) is 11.2. The summed E-state index contributed by atoms with van der Waals surface area (Å²) in [5.74, 6) is 0.0437. The molecule has 2 rings (SSSR count). The molecular weight excluding hydrogens is 252 g/mol. The number of methoxy groups -OCH3 is 1. The first-order chi connectivity index (χ1) is 9.02. The van der Waals surface area contributed by atoms with E-state index in [2.05, 4.69) is 10.1 Å². The van der Waals surface area contributed by atoms with Crippen LogP contribution in [0.5, 0.6) is 0 Å². The Morgan fingerprint density at radius 1 is 1.47 bits per heavy atom. The maximum Gasteiger partial charge on any atom is 0.332 e. The van der Waals surface area contributed by atoms with Gasteiger partial charge >= 0.3 is 5.97 Å². The minimum atomic E-state index is -0.959. The molecule has 7 heteroatoms. The average molecular weight is 270 g/mol. The molecule has 1 aliphatic heterocycles. The molecule has 0 amide bonds. The van der Waals surface area contributed by atoms with E-state index in [0.717, 1.165) is 0 Å². The number of carboxylic acid groups (broad SMARTS) is 1. The number of carboxylic acids is 1. The van der Waals surface area contributed by atoms with Gasteiger partial charge in [-0.05, 0) is 18.8 Å². The van der Waals surface area contributed by atoms with Crippen molar-refractivity contribution in [3.8, 4) is 0 Å². The van der Waals surface area contributed by atoms with Crippen LogP contribution >= 0.6 is 0 Å². The van der Waals surface area contributed by atoms with E-state index >= 15 is 0 Å². The molecule has 0 bridgehead atoms. The summed E-state index contributed by atoms with van der Waals surface area (Å²) in [5.41, 5.74) is 0. The Morgan fingerprint density at radius 3 is 2.74 bits per heavy atom. The van der Waals surface area contributed by atoms with Gasteiger partial charge in [-0.3, -0.25) is 0 Å². The lowest BCUT2D eigenvalue weighted by Crippen LogP contribution is -2.18. The minimum absolute atomic E-state index is 0.215. The number of rotatable bonds is 5. The summed E-state index contributed by atoms with van der Waals surface area (Å²) < 4.78 is 15.8. The van der Waals surface area contributed by atoms with Gasteiger partial charge < -0.3 is 19.1 Å². The summed E-state index contributed by atoms with van der Waals surface area (Å²) in [5, 5.41) is 12.8. The summed E-state index contributed by atoms with van der Waals surface area (Å²) in [4.78, 5) is 15.1. The van der Waals surface area contributed by atoms with Crippen LogP contribution in [0.3, 0.4) is 0 Å². The number of hydrogen-bond acceptors (Lipinski definition) is 6. The van der Waals surface area contributed by atoms with E-state index in [1.807, 2.05) is 13.8 Å². The zero-order chi connectivity index (χ0) is 14.0. The van der Waals surface area contributed by atoms with Crippen LogP contribution in [-0.4, -0.2) is 34.4 Å². The molecule has 2 heterocycles. The molecule has 1 fully saturated rings. The van der Waals surface area contributed by atoms with Crippen LogP contribution in [0.1, 0.15) is 50.6 Å². The van der Waals surface area contributed by atoms with Gasteiger partial charge in [-0.15, -0.1) is 0 Å². The quantitative estimate of drug-likeness (QED) is 0.870. The van der Waals surface area contributed by atoms with Crippen molar-refractivity contribution in [2.45, 2.75) is 45.0 Å². The predicted octanol–water partition coefficient (Wildman–Crippen LogP) is 1.72. The van der Waals surface area contributed by atoms with Gasteiger partial charge in [0.1, 0.15) is 12.2 Å². The highest BCUT2D eigenvalue weighted by Crippen LogP contribution is 2.33. The third-order valence-electron chi connectivity index (χ3n) is 3.14. The van der Waals surface area contributed by atoms with Crippen molar-refractivity contribution in [3.05, 3.63) is 11.7 Å². The fraction of sp³-hybridized carbons (Fsp3) is 0.750. The maximum atomic E-state index is 10.8. The summed E-state index contributed by atoms with van der Waals surface area (Å²) in [7, 11) is 1.59. The van der Waals surface area contributed by atoms with E-state index in [4.69, 9.17) is 19.1 Å². The number of aromatic nitrogens is 2. The molecule has 7 nitrogen and oxygen atoms in total. The standard InChI is InChI=1S/C12H18N2O5/c1-6(2)9(17-3)10-13-11(19-14-10)7-4-5-8(18-7)12(15)16/h6-9H,4-5H2,1-3H3,(H,15,16). The Morgan fingerprint density at radius 2 is 2.21 bits per heavy atom. The maximum absolute atomic E-state index is 10.8. The predicted molar refractivity (Wildman–Crippen MR) is 63.4 cm³/mol. The first kappa shape index (κ1) is 14.0. The molecule has 1 aliphatic rings. The Kier molecular flexibility index (Phi) is 4.16. The highest BCUT2D eigenvalue weighted by molar-refractivity contribution is 5.72.